The van der Waals surface area contributed by atoms with Gasteiger partial charge in [-0.3, -0.25) is 4.90 Å². The summed E-state index contributed by atoms with van der Waals surface area (Å²) >= 11 is 0. The number of benzene rings is 2. The molecule has 0 spiro atoms. The molecule has 100 valence electrons. The zero-order chi connectivity index (χ0) is 13.7. The van der Waals surface area contributed by atoms with Crippen LogP contribution in [-0.2, 0) is 19.6 Å². The SMILES string of the molecule is CN(Cc1ccccc1)Cc1cccc(CN)c1F. The van der Waals surface area contributed by atoms with E-state index in [0.29, 0.717) is 17.7 Å². The molecule has 0 aliphatic rings. The fourth-order valence-electron chi connectivity index (χ4n) is 2.15. The zero-order valence-electron chi connectivity index (χ0n) is 11.1. The second-order valence-electron chi connectivity index (χ2n) is 4.75. The van der Waals surface area contributed by atoms with Gasteiger partial charge in [-0.2, -0.15) is 0 Å². The first-order chi connectivity index (χ1) is 9.20. The Balaban J connectivity index is 2.05. The van der Waals surface area contributed by atoms with E-state index >= 15 is 0 Å². The van der Waals surface area contributed by atoms with Gasteiger partial charge in [0, 0.05) is 30.8 Å². The van der Waals surface area contributed by atoms with Crippen molar-refractivity contribution in [3.05, 3.63) is 71.0 Å². The summed E-state index contributed by atoms with van der Waals surface area (Å²) in [6.45, 7) is 1.61. The number of hydrogen-bond acceptors (Lipinski definition) is 2. The largest absolute Gasteiger partial charge is 0.326 e. The third-order valence-corrected chi connectivity index (χ3v) is 3.11. The summed E-state index contributed by atoms with van der Waals surface area (Å²) in [5.41, 5.74) is 8.01. The van der Waals surface area contributed by atoms with Gasteiger partial charge in [0.2, 0.25) is 0 Å². The van der Waals surface area contributed by atoms with E-state index in [4.69, 9.17) is 5.73 Å². The van der Waals surface area contributed by atoms with Crippen molar-refractivity contribution in [3.63, 3.8) is 0 Å². The normalized spacial score (nSPS) is 10.9. The van der Waals surface area contributed by atoms with Crippen LogP contribution in [0.25, 0.3) is 0 Å². The lowest BCUT2D eigenvalue weighted by Crippen LogP contribution is -2.18. The van der Waals surface area contributed by atoms with Gasteiger partial charge >= 0.3 is 0 Å². The highest BCUT2D eigenvalue weighted by atomic mass is 19.1. The van der Waals surface area contributed by atoms with Crippen molar-refractivity contribution < 1.29 is 4.39 Å². The van der Waals surface area contributed by atoms with Crippen molar-refractivity contribution in [2.75, 3.05) is 7.05 Å². The summed E-state index contributed by atoms with van der Waals surface area (Å²) in [6, 6.07) is 15.6. The van der Waals surface area contributed by atoms with Crippen LogP contribution in [0.2, 0.25) is 0 Å². The molecule has 0 aliphatic carbocycles. The summed E-state index contributed by atoms with van der Waals surface area (Å²) < 4.78 is 14.1. The van der Waals surface area contributed by atoms with Crippen molar-refractivity contribution in [2.45, 2.75) is 19.6 Å². The Bertz CT molecular complexity index is 526. The Hall–Kier alpha value is -1.71. The van der Waals surface area contributed by atoms with Crippen LogP contribution >= 0.6 is 0 Å². The first-order valence-electron chi connectivity index (χ1n) is 6.39. The average molecular weight is 258 g/mol. The summed E-state index contributed by atoms with van der Waals surface area (Å²) in [5, 5.41) is 0. The van der Waals surface area contributed by atoms with Crippen molar-refractivity contribution in [1.82, 2.24) is 4.90 Å². The summed E-state index contributed by atoms with van der Waals surface area (Å²) in [5.74, 6) is -0.176. The molecule has 2 aromatic rings. The fourth-order valence-corrected chi connectivity index (χ4v) is 2.15. The van der Waals surface area contributed by atoms with Gasteiger partial charge in [0.1, 0.15) is 5.82 Å². The van der Waals surface area contributed by atoms with Gasteiger partial charge in [-0.15, -0.1) is 0 Å². The van der Waals surface area contributed by atoms with Gasteiger partial charge in [-0.25, -0.2) is 4.39 Å². The number of hydrogen-bond donors (Lipinski definition) is 1. The van der Waals surface area contributed by atoms with Crippen molar-refractivity contribution in [2.24, 2.45) is 5.73 Å². The maximum absolute atomic E-state index is 14.1. The Morgan fingerprint density at radius 1 is 0.947 bits per heavy atom. The Labute approximate surface area is 113 Å². The first-order valence-corrected chi connectivity index (χ1v) is 6.39. The van der Waals surface area contributed by atoms with E-state index in [1.54, 1.807) is 6.07 Å². The summed E-state index contributed by atoms with van der Waals surface area (Å²) in [7, 11) is 1.99. The molecule has 2 aromatic carbocycles. The Morgan fingerprint density at radius 3 is 2.32 bits per heavy atom. The van der Waals surface area contributed by atoms with Crippen LogP contribution in [0, 0.1) is 5.82 Å². The standard InChI is InChI=1S/C16H19FN2/c1-19(11-13-6-3-2-4-7-13)12-15-9-5-8-14(10-18)16(15)17/h2-9H,10-12,18H2,1H3. The summed E-state index contributed by atoms with van der Waals surface area (Å²) in [6.07, 6.45) is 0. The lowest BCUT2D eigenvalue weighted by molar-refractivity contribution is 0.313. The van der Waals surface area contributed by atoms with E-state index in [2.05, 4.69) is 17.0 Å². The molecule has 0 bridgehead atoms. The number of nitrogens with two attached hydrogens (primary N) is 1. The molecule has 0 atom stereocenters. The number of halogens is 1. The smallest absolute Gasteiger partial charge is 0.132 e. The van der Waals surface area contributed by atoms with Crippen molar-refractivity contribution >= 4 is 0 Å². The van der Waals surface area contributed by atoms with Crippen LogP contribution in [0.5, 0.6) is 0 Å². The van der Waals surface area contributed by atoms with Crippen LogP contribution in [-0.4, -0.2) is 11.9 Å². The monoisotopic (exact) mass is 258 g/mol. The molecule has 0 amide bonds. The van der Waals surface area contributed by atoms with Gasteiger partial charge in [0.15, 0.2) is 0 Å². The van der Waals surface area contributed by atoms with E-state index in [0.717, 1.165) is 6.54 Å². The quantitative estimate of drug-likeness (QED) is 0.893. The zero-order valence-corrected chi connectivity index (χ0v) is 11.1. The van der Waals surface area contributed by atoms with Crippen molar-refractivity contribution in [1.29, 1.82) is 0 Å². The molecule has 3 heteroatoms. The average Bonchev–Trinajstić information content (AvgIpc) is 2.42. The molecule has 2 rings (SSSR count). The predicted molar refractivity (Wildman–Crippen MR) is 75.9 cm³/mol. The molecule has 0 saturated heterocycles. The minimum absolute atomic E-state index is 0.176. The summed E-state index contributed by atoms with van der Waals surface area (Å²) in [4.78, 5) is 2.09. The molecule has 0 fully saturated rings. The third-order valence-electron chi connectivity index (χ3n) is 3.11. The lowest BCUT2D eigenvalue weighted by Gasteiger charge is -2.18. The molecule has 0 saturated carbocycles. The van der Waals surface area contributed by atoms with Crippen LogP contribution in [0.1, 0.15) is 16.7 Å². The molecular weight excluding hydrogens is 239 g/mol. The maximum Gasteiger partial charge on any atom is 0.132 e. The van der Waals surface area contributed by atoms with Crippen LogP contribution in [0.3, 0.4) is 0 Å². The maximum atomic E-state index is 14.1. The lowest BCUT2D eigenvalue weighted by atomic mass is 10.1. The highest BCUT2D eigenvalue weighted by Crippen LogP contribution is 2.15. The molecule has 0 unspecified atom stereocenters. The Morgan fingerprint density at radius 2 is 1.63 bits per heavy atom. The molecule has 2 N–H and O–H groups in total. The van der Waals surface area contributed by atoms with Crippen LogP contribution < -0.4 is 5.73 Å². The van der Waals surface area contributed by atoms with E-state index in [-0.39, 0.29) is 12.4 Å². The van der Waals surface area contributed by atoms with Gasteiger partial charge in [-0.1, -0.05) is 48.5 Å². The molecule has 0 aliphatic heterocycles. The molecular formula is C16H19FN2. The molecule has 2 nitrogen and oxygen atoms in total. The predicted octanol–water partition coefficient (Wildman–Crippen LogP) is 2.92. The van der Waals surface area contributed by atoms with E-state index < -0.39 is 0 Å². The highest BCUT2D eigenvalue weighted by Gasteiger charge is 2.09. The van der Waals surface area contributed by atoms with Gasteiger partial charge in [0.25, 0.3) is 0 Å². The van der Waals surface area contributed by atoms with Crippen LogP contribution in [0.15, 0.2) is 48.5 Å². The van der Waals surface area contributed by atoms with Gasteiger partial charge in [-0.05, 0) is 12.6 Å². The Kier molecular flexibility index (Phi) is 4.66. The minimum atomic E-state index is -0.176. The van der Waals surface area contributed by atoms with Gasteiger partial charge in [0.05, 0.1) is 0 Å². The first kappa shape index (κ1) is 13.7. The van der Waals surface area contributed by atoms with E-state index in [1.807, 2.05) is 37.4 Å². The molecule has 0 aromatic heterocycles. The molecule has 19 heavy (non-hydrogen) atoms. The number of rotatable bonds is 5. The second kappa shape index (κ2) is 6.45. The highest BCUT2D eigenvalue weighted by molar-refractivity contribution is 5.26. The fraction of sp³-hybridized carbons (Fsp3) is 0.250. The molecule has 0 radical (unpaired) electrons. The van der Waals surface area contributed by atoms with E-state index in [1.165, 1.54) is 5.56 Å². The van der Waals surface area contributed by atoms with Crippen LogP contribution in [0.4, 0.5) is 4.39 Å². The topological polar surface area (TPSA) is 29.3 Å². The minimum Gasteiger partial charge on any atom is -0.326 e. The second-order valence-corrected chi connectivity index (χ2v) is 4.75. The number of nitrogens with zero attached hydrogens (tertiary/aromatic N) is 1. The molecule has 0 heterocycles. The van der Waals surface area contributed by atoms with E-state index in [9.17, 15) is 4.39 Å². The van der Waals surface area contributed by atoms with Crippen molar-refractivity contribution in [3.8, 4) is 0 Å². The third kappa shape index (κ3) is 3.63. The van der Waals surface area contributed by atoms with Gasteiger partial charge < -0.3 is 5.73 Å².